The van der Waals surface area contributed by atoms with E-state index in [1.54, 1.807) is 19.3 Å². The zero-order chi connectivity index (χ0) is 14.4. The Hall–Kier alpha value is -2.28. The lowest BCUT2D eigenvalue weighted by Crippen LogP contribution is -2.32. The van der Waals surface area contributed by atoms with Crippen molar-refractivity contribution in [3.8, 4) is 11.3 Å². The van der Waals surface area contributed by atoms with Crippen molar-refractivity contribution < 1.29 is 14.3 Å². The summed E-state index contributed by atoms with van der Waals surface area (Å²) < 4.78 is 4.59. The molecule has 0 saturated heterocycles. The van der Waals surface area contributed by atoms with Gasteiger partial charge in [-0.2, -0.15) is 0 Å². The van der Waals surface area contributed by atoms with Crippen LogP contribution >= 0.6 is 11.3 Å². The van der Waals surface area contributed by atoms with Crippen LogP contribution in [0.4, 0.5) is 0 Å². The van der Waals surface area contributed by atoms with Crippen molar-refractivity contribution in [1.82, 2.24) is 15.3 Å². The van der Waals surface area contributed by atoms with Crippen LogP contribution in [-0.2, 0) is 20.9 Å². The van der Waals surface area contributed by atoms with Gasteiger partial charge in [-0.3, -0.25) is 9.78 Å². The molecule has 0 aliphatic rings. The molecule has 6 nitrogen and oxygen atoms in total. The highest BCUT2D eigenvalue weighted by Gasteiger charge is 2.14. The van der Waals surface area contributed by atoms with Crippen molar-refractivity contribution in [2.45, 2.75) is 13.5 Å². The van der Waals surface area contributed by atoms with Gasteiger partial charge in [-0.15, -0.1) is 11.3 Å². The number of rotatable bonds is 4. The minimum atomic E-state index is -0.878. The molecular weight excluding hydrogens is 278 g/mol. The van der Waals surface area contributed by atoms with Gasteiger partial charge in [0.15, 0.2) is 0 Å². The Labute approximate surface area is 119 Å². The minimum absolute atomic E-state index is 0.175. The van der Waals surface area contributed by atoms with E-state index >= 15 is 0 Å². The van der Waals surface area contributed by atoms with Crippen LogP contribution < -0.4 is 5.32 Å². The van der Waals surface area contributed by atoms with Crippen molar-refractivity contribution in [3.05, 3.63) is 34.9 Å². The Balaban J connectivity index is 1.94. The average molecular weight is 291 g/mol. The smallest absolute Gasteiger partial charge is 0.396 e. The summed E-state index contributed by atoms with van der Waals surface area (Å²) in [5, 5.41) is 5.05. The Morgan fingerprint density at radius 2 is 2.30 bits per heavy atom. The van der Waals surface area contributed by atoms with Gasteiger partial charge in [0, 0.05) is 23.3 Å². The Kier molecular flexibility index (Phi) is 4.78. The molecule has 0 atom stereocenters. The Morgan fingerprint density at radius 3 is 3.00 bits per heavy atom. The molecule has 20 heavy (non-hydrogen) atoms. The second-order valence-electron chi connectivity index (χ2n) is 3.77. The van der Waals surface area contributed by atoms with Crippen LogP contribution in [0.3, 0.4) is 0 Å². The molecule has 0 spiro atoms. The molecule has 7 heteroatoms. The normalized spacial score (nSPS) is 10.1. The highest BCUT2D eigenvalue weighted by atomic mass is 32.1. The van der Waals surface area contributed by atoms with Crippen LogP contribution in [-0.4, -0.2) is 28.5 Å². The monoisotopic (exact) mass is 291 g/mol. The molecule has 2 rings (SSSR count). The highest BCUT2D eigenvalue weighted by Crippen LogP contribution is 2.20. The van der Waals surface area contributed by atoms with Crippen molar-refractivity contribution in [2.24, 2.45) is 0 Å². The van der Waals surface area contributed by atoms with Crippen molar-refractivity contribution in [1.29, 1.82) is 0 Å². The molecule has 0 radical (unpaired) electrons. The number of nitrogens with zero attached hydrogens (tertiary/aromatic N) is 2. The maximum absolute atomic E-state index is 11.4. The van der Waals surface area contributed by atoms with E-state index in [0.29, 0.717) is 5.01 Å². The number of nitrogens with one attached hydrogen (secondary N) is 1. The lowest BCUT2D eigenvalue weighted by Gasteiger charge is -2.02. The average Bonchev–Trinajstić information content (AvgIpc) is 2.95. The van der Waals surface area contributed by atoms with Crippen molar-refractivity contribution in [2.75, 3.05) is 6.61 Å². The number of ether oxygens (including phenoxy) is 1. The molecule has 0 fully saturated rings. The fraction of sp³-hybridized carbons (Fsp3) is 0.231. The van der Waals surface area contributed by atoms with E-state index in [0.717, 1.165) is 11.3 Å². The summed E-state index contributed by atoms with van der Waals surface area (Å²) in [6.45, 7) is 2.02. The molecule has 1 amide bonds. The molecule has 0 aliphatic carbocycles. The van der Waals surface area contributed by atoms with Crippen LogP contribution in [0.2, 0.25) is 0 Å². The topological polar surface area (TPSA) is 81.2 Å². The van der Waals surface area contributed by atoms with Crippen LogP contribution in [0.25, 0.3) is 11.3 Å². The molecule has 2 aromatic heterocycles. The summed E-state index contributed by atoms with van der Waals surface area (Å²) >= 11 is 1.41. The van der Waals surface area contributed by atoms with Gasteiger partial charge in [0.25, 0.3) is 0 Å². The third-order valence-corrected chi connectivity index (χ3v) is 3.22. The molecular formula is C13H13N3O3S. The van der Waals surface area contributed by atoms with Gasteiger partial charge < -0.3 is 10.1 Å². The van der Waals surface area contributed by atoms with E-state index < -0.39 is 11.9 Å². The maximum Gasteiger partial charge on any atom is 0.396 e. The summed E-state index contributed by atoms with van der Waals surface area (Å²) in [6, 6.07) is 3.74. The fourth-order valence-electron chi connectivity index (χ4n) is 1.46. The third kappa shape index (κ3) is 3.61. The van der Waals surface area contributed by atoms with Gasteiger partial charge in [0.05, 0.1) is 18.8 Å². The molecule has 104 valence electrons. The van der Waals surface area contributed by atoms with E-state index in [2.05, 4.69) is 20.0 Å². The number of carbonyl (C=O) groups is 2. The summed E-state index contributed by atoms with van der Waals surface area (Å²) in [4.78, 5) is 30.9. The zero-order valence-electron chi connectivity index (χ0n) is 10.8. The SMILES string of the molecule is CCOC(=O)C(=O)NCc1nc(-c2cccnc2)cs1. The number of esters is 1. The first-order valence-electron chi connectivity index (χ1n) is 6.00. The molecule has 2 aromatic rings. The van der Waals surface area contributed by atoms with E-state index in [1.165, 1.54) is 11.3 Å². The van der Waals surface area contributed by atoms with E-state index in [1.807, 2.05) is 17.5 Å². The number of hydrogen-bond donors (Lipinski definition) is 1. The molecule has 2 heterocycles. The van der Waals surface area contributed by atoms with Crippen molar-refractivity contribution >= 4 is 23.2 Å². The Morgan fingerprint density at radius 1 is 1.45 bits per heavy atom. The fourth-order valence-corrected chi connectivity index (χ4v) is 2.21. The molecule has 0 bridgehead atoms. The predicted molar refractivity (Wildman–Crippen MR) is 73.8 cm³/mol. The summed E-state index contributed by atoms with van der Waals surface area (Å²) in [6.07, 6.45) is 3.41. The first-order chi connectivity index (χ1) is 9.70. The van der Waals surface area contributed by atoms with Crippen molar-refractivity contribution in [3.63, 3.8) is 0 Å². The number of carbonyl (C=O) groups excluding carboxylic acids is 2. The van der Waals surface area contributed by atoms with Crippen LogP contribution in [0, 0.1) is 0 Å². The number of thiazole rings is 1. The highest BCUT2D eigenvalue weighted by molar-refractivity contribution is 7.09. The van der Waals surface area contributed by atoms with Gasteiger partial charge >= 0.3 is 11.9 Å². The largest absolute Gasteiger partial charge is 0.459 e. The van der Waals surface area contributed by atoms with E-state index in [4.69, 9.17) is 0 Å². The van der Waals surface area contributed by atoms with E-state index in [-0.39, 0.29) is 13.2 Å². The predicted octanol–water partition coefficient (Wildman–Crippen LogP) is 1.38. The number of hydrogen-bond acceptors (Lipinski definition) is 6. The molecule has 1 N–H and O–H groups in total. The third-order valence-electron chi connectivity index (χ3n) is 2.37. The second-order valence-corrected chi connectivity index (χ2v) is 4.71. The molecule has 0 aliphatic heterocycles. The van der Waals surface area contributed by atoms with Gasteiger partial charge in [-0.05, 0) is 19.1 Å². The number of amides is 1. The lowest BCUT2D eigenvalue weighted by molar-refractivity contribution is -0.154. The second kappa shape index (κ2) is 6.76. The van der Waals surface area contributed by atoms with Gasteiger partial charge in [0.2, 0.25) is 0 Å². The van der Waals surface area contributed by atoms with Gasteiger partial charge in [-0.1, -0.05) is 0 Å². The van der Waals surface area contributed by atoms with Crippen LogP contribution in [0.15, 0.2) is 29.9 Å². The zero-order valence-corrected chi connectivity index (χ0v) is 11.6. The lowest BCUT2D eigenvalue weighted by atomic mass is 10.2. The standard InChI is InChI=1S/C13H13N3O3S/c1-2-19-13(18)12(17)15-7-11-16-10(8-20-11)9-4-3-5-14-6-9/h3-6,8H,2,7H2,1H3,(H,15,17). The summed E-state index contributed by atoms with van der Waals surface area (Å²) in [5.74, 6) is -1.64. The molecule has 0 saturated carbocycles. The molecule has 0 aromatic carbocycles. The first-order valence-corrected chi connectivity index (χ1v) is 6.88. The van der Waals surface area contributed by atoms with Gasteiger partial charge in [-0.25, -0.2) is 9.78 Å². The first kappa shape index (κ1) is 14.1. The maximum atomic E-state index is 11.4. The molecule has 0 unspecified atom stereocenters. The minimum Gasteiger partial charge on any atom is -0.459 e. The summed E-state index contributed by atoms with van der Waals surface area (Å²) in [5.41, 5.74) is 1.70. The van der Waals surface area contributed by atoms with Crippen LogP contribution in [0.5, 0.6) is 0 Å². The number of pyridine rings is 1. The Bertz CT molecular complexity index is 598. The number of aromatic nitrogens is 2. The quantitative estimate of drug-likeness (QED) is 0.680. The van der Waals surface area contributed by atoms with E-state index in [9.17, 15) is 9.59 Å². The van der Waals surface area contributed by atoms with Crippen LogP contribution in [0.1, 0.15) is 11.9 Å². The summed E-state index contributed by atoms with van der Waals surface area (Å²) in [7, 11) is 0. The van der Waals surface area contributed by atoms with Gasteiger partial charge in [0.1, 0.15) is 5.01 Å².